The van der Waals surface area contributed by atoms with Gasteiger partial charge in [-0.1, -0.05) is 0 Å². The van der Waals surface area contributed by atoms with Gasteiger partial charge in [0, 0.05) is 50.2 Å². The molecule has 5 nitrogen and oxygen atoms in total. The molecule has 6 heteroatoms. The molecule has 26 heavy (non-hydrogen) atoms. The number of hydrogen-bond acceptors (Lipinski definition) is 4. The summed E-state index contributed by atoms with van der Waals surface area (Å²) in [4.78, 5) is 8.53. The van der Waals surface area contributed by atoms with E-state index >= 15 is 0 Å². The third-order valence-corrected chi connectivity index (χ3v) is 4.34. The zero-order chi connectivity index (χ0) is 19.3. The molecule has 0 aliphatic heterocycles. The van der Waals surface area contributed by atoms with Gasteiger partial charge in [0.1, 0.15) is 5.75 Å². The molecule has 0 amide bonds. The van der Waals surface area contributed by atoms with E-state index in [1.807, 2.05) is 43.0 Å². The maximum absolute atomic E-state index is 13.7. The largest absolute Gasteiger partial charge is 0.497 e. The van der Waals surface area contributed by atoms with Gasteiger partial charge in [0.2, 0.25) is 0 Å². The van der Waals surface area contributed by atoms with E-state index in [4.69, 9.17) is 9.47 Å². The van der Waals surface area contributed by atoms with E-state index in [0.29, 0.717) is 5.75 Å². The summed E-state index contributed by atoms with van der Waals surface area (Å²) in [6.07, 6.45) is 1.80. The molecule has 140 valence electrons. The van der Waals surface area contributed by atoms with Gasteiger partial charge in [-0.25, -0.2) is 9.38 Å². The number of hydrogen-bond donors (Lipinski definition) is 0. The number of rotatable bonds is 7. The van der Waals surface area contributed by atoms with Crippen LogP contribution in [0.4, 0.5) is 21.5 Å². The van der Waals surface area contributed by atoms with Gasteiger partial charge in [-0.2, -0.15) is 0 Å². The van der Waals surface area contributed by atoms with Crippen molar-refractivity contribution in [3.63, 3.8) is 0 Å². The number of methoxy groups -OCH3 is 2. The number of ether oxygens (including phenoxy) is 2. The number of aliphatic imine (C=N–C) groups is 1. The lowest BCUT2D eigenvalue weighted by Crippen LogP contribution is -2.14. The van der Waals surface area contributed by atoms with Crippen molar-refractivity contribution in [2.75, 3.05) is 39.8 Å². The molecular formula is C20H26FN3O2. The Morgan fingerprint density at radius 3 is 2.46 bits per heavy atom. The normalized spacial score (nSPS) is 10.9. The second-order valence-corrected chi connectivity index (χ2v) is 5.99. The van der Waals surface area contributed by atoms with Crippen LogP contribution in [0.25, 0.3) is 0 Å². The van der Waals surface area contributed by atoms with Crippen molar-refractivity contribution < 1.29 is 13.9 Å². The van der Waals surface area contributed by atoms with Crippen molar-refractivity contribution in [2.45, 2.75) is 13.8 Å². The van der Waals surface area contributed by atoms with Crippen LogP contribution in [0.1, 0.15) is 12.5 Å². The average Bonchev–Trinajstić information content (AvgIpc) is 2.66. The van der Waals surface area contributed by atoms with Crippen LogP contribution in [0.15, 0.2) is 35.3 Å². The lowest BCUT2D eigenvalue weighted by Gasteiger charge is -2.24. The van der Waals surface area contributed by atoms with E-state index in [0.717, 1.165) is 29.2 Å². The minimum atomic E-state index is -0.389. The average molecular weight is 359 g/mol. The highest BCUT2D eigenvalue weighted by molar-refractivity contribution is 5.75. The van der Waals surface area contributed by atoms with Crippen molar-refractivity contribution in [2.24, 2.45) is 4.99 Å². The molecule has 2 rings (SSSR count). The van der Waals surface area contributed by atoms with Crippen LogP contribution < -0.4 is 14.4 Å². The molecule has 0 fully saturated rings. The van der Waals surface area contributed by atoms with Gasteiger partial charge in [0.15, 0.2) is 11.6 Å². The van der Waals surface area contributed by atoms with Crippen molar-refractivity contribution in [3.8, 4) is 11.5 Å². The van der Waals surface area contributed by atoms with Gasteiger partial charge in [-0.15, -0.1) is 0 Å². The lowest BCUT2D eigenvalue weighted by molar-refractivity contribution is 0.386. The topological polar surface area (TPSA) is 37.3 Å². The fourth-order valence-electron chi connectivity index (χ4n) is 2.50. The van der Waals surface area contributed by atoms with Crippen LogP contribution in [0.2, 0.25) is 0 Å². The number of halogens is 1. The predicted octanol–water partition coefficient (Wildman–Crippen LogP) is 4.53. The Bertz CT molecular complexity index is 793. The monoisotopic (exact) mass is 359 g/mol. The summed E-state index contributed by atoms with van der Waals surface area (Å²) in [7, 11) is 6.97. The van der Waals surface area contributed by atoms with Gasteiger partial charge in [-0.05, 0) is 31.5 Å². The molecule has 0 spiro atoms. The second kappa shape index (κ2) is 8.56. The van der Waals surface area contributed by atoms with Crippen LogP contribution in [-0.2, 0) is 0 Å². The third kappa shape index (κ3) is 4.25. The predicted molar refractivity (Wildman–Crippen MR) is 105 cm³/mol. The Labute approximate surface area is 154 Å². The first-order chi connectivity index (χ1) is 12.4. The van der Waals surface area contributed by atoms with Crippen molar-refractivity contribution in [1.29, 1.82) is 0 Å². The Hall–Kier alpha value is -2.76. The zero-order valence-corrected chi connectivity index (χ0v) is 16.2. The Balaban J connectivity index is 2.49. The molecule has 0 unspecified atom stereocenters. The summed E-state index contributed by atoms with van der Waals surface area (Å²) in [5.41, 5.74) is 3.54. The number of nitrogens with zero attached hydrogens (tertiary/aromatic N) is 3. The summed E-state index contributed by atoms with van der Waals surface area (Å²) in [6.45, 7) is 4.94. The smallest absolute Gasteiger partial charge is 0.165 e. The molecule has 0 aliphatic carbocycles. The lowest BCUT2D eigenvalue weighted by atomic mass is 10.1. The number of anilines is 2. The summed E-state index contributed by atoms with van der Waals surface area (Å²) < 4.78 is 24.2. The fourth-order valence-corrected chi connectivity index (χ4v) is 2.50. The Kier molecular flexibility index (Phi) is 6.44. The fraction of sp³-hybridized carbons (Fsp3) is 0.350. The van der Waals surface area contributed by atoms with E-state index in [1.54, 1.807) is 25.6 Å². The van der Waals surface area contributed by atoms with E-state index in [2.05, 4.69) is 11.9 Å². The second-order valence-electron chi connectivity index (χ2n) is 5.99. The SMILES string of the molecule is CCN(C)C=Nc1cc(OC)cc(N(C)c2ccc(F)c(OC)c2)c1C. The van der Waals surface area contributed by atoms with Crippen molar-refractivity contribution in [1.82, 2.24) is 4.90 Å². The van der Waals surface area contributed by atoms with E-state index in [-0.39, 0.29) is 11.6 Å². The van der Waals surface area contributed by atoms with Gasteiger partial charge >= 0.3 is 0 Å². The Morgan fingerprint density at radius 2 is 1.85 bits per heavy atom. The summed E-state index contributed by atoms with van der Waals surface area (Å²) in [6, 6.07) is 8.62. The zero-order valence-electron chi connectivity index (χ0n) is 16.2. The maximum atomic E-state index is 13.7. The number of benzene rings is 2. The molecule has 0 saturated carbocycles. The molecule has 0 radical (unpaired) electrons. The van der Waals surface area contributed by atoms with Gasteiger partial charge < -0.3 is 19.3 Å². The molecule has 0 saturated heterocycles. The molecular weight excluding hydrogens is 333 g/mol. The summed E-state index contributed by atoms with van der Waals surface area (Å²) >= 11 is 0. The first-order valence-corrected chi connectivity index (χ1v) is 8.41. The molecule has 2 aromatic carbocycles. The standard InChI is InChI=1S/C20H26FN3O2/c1-7-23(3)13-22-18-11-16(25-5)12-19(14(18)2)24(4)15-8-9-17(21)20(10-15)26-6/h8-13H,7H2,1-6H3. The first-order valence-electron chi connectivity index (χ1n) is 8.41. The van der Waals surface area contributed by atoms with Crippen LogP contribution in [0.3, 0.4) is 0 Å². The van der Waals surface area contributed by atoms with Gasteiger partial charge in [-0.3, -0.25) is 0 Å². The minimum Gasteiger partial charge on any atom is -0.497 e. The molecule has 0 bridgehead atoms. The highest BCUT2D eigenvalue weighted by Crippen LogP contribution is 2.37. The molecule has 0 heterocycles. The van der Waals surface area contributed by atoms with Gasteiger partial charge in [0.05, 0.1) is 26.2 Å². The molecule has 0 atom stereocenters. The summed E-state index contributed by atoms with van der Waals surface area (Å²) in [5.74, 6) is 0.524. The van der Waals surface area contributed by atoms with E-state index in [9.17, 15) is 4.39 Å². The van der Waals surface area contributed by atoms with Crippen LogP contribution in [0.5, 0.6) is 11.5 Å². The molecule has 0 aromatic heterocycles. The van der Waals surface area contributed by atoms with Crippen LogP contribution >= 0.6 is 0 Å². The third-order valence-electron chi connectivity index (χ3n) is 4.34. The van der Waals surface area contributed by atoms with Crippen LogP contribution in [-0.4, -0.2) is 46.1 Å². The quantitative estimate of drug-likeness (QED) is 0.538. The highest BCUT2D eigenvalue weighted by Gasteiger charge is 2.14. The van der Waals surface area contributed by atoms with Crippen molar-refractivity contribution in [3.05, 3.63) is 41.7 Å². The molecule has 0 aliphatic rings. The molecule has 2 aromatic rings. The van der Waals surface area contributed by atoms with E-state index in [1.165, 1.54) is 13.2 Å². The maximum Gasteiger partial charge on any atom is 0.165 e. The first kappa shape index (κ1) is 19.6. The minimum absolute atomic E-state index is 0.206. The van der Waals surface area contributed by atoms with E-state index < -0.39 is 0 Å². The van der Waals surface area contributed by atoms with Crippen LogP contribution in [0, 0.1) is 12.7 Å². The molecule has 0 N–H and O–H groups in total. The van der Waals surface area contributed by atoms with Crippen molar-refractivity contribution >= 4 is 23.4 Å². The Morgan fingerprint density at radius 1 is 1.12 bits per heavy atom. The summed E-state index contributed by atoms with van der Waals surface area (Å²) in [5, 5.41) is 0. The highest BCUT2D eigenvalue weighted by atomic mass is 19.1. The van der Waals surface area contributed by atoms with Gasteiger partial charge in [0.25, 0.3) is 0 Å².